The standard InChI is InChI=1S/C12H22N2O3S2/c1-8(2)11(7-17-4)14-19(15,16)12-5-10(6-13)18-9(12)3/h5,8,11,14H,6-7,13H2,1-4H3. The van der Waals surface area contributed by atoms with Crippen LogP contribution in [-0.2, 0) is 21.3 Å². The van der Waals surface area contributed by atoms with Gasteiger partial charge in [0.15, 0.2) is 0 Å². The molecule has 7 heteroatoms. The third kappa shape index (κ3) is 4.25. The van der Waals surface area contributed by atoms with Crippen molar-refractivity contribution in [3.8, 4) is 0 Å². The Hall–Kier alpha value is -0.470. The summed E-state index contributed by atoms with van der Waals surface area (Å²) in [6.45, 7) is 6.41. The van der Waals surface area contributed by atoms with Crippen LogP contribution < -0.4 is 10.5 Å². The van der Waals surface area contributed by atoms with E-state index in [4.69, 9.17) is 10.5 Å². The molecule has 1 aromatic rings. The molecule has 1 rings (SSSR count). The minimum Gasteiger partial charge on any atom is -0.383 e. The maximum absolute atomic E-state index is 12.4. The molecule has 0 saturated heterocycles. The fraction of sp³-hybridized carbons (Fsp3) is 0.667. The summed E-state index contributed by atoms with van der Waals surface area (Å²) >= 11 is 1.41. The van der Waals surface area contributed by atoms with E-state index in [-0.39, 0.29) is 12.0 Å². The van der Waals surface area contributed by atoms with Gasteiger partial charge in [0.1, 0.15) is 0 Å². The highest BCUT2D eigenvalue weighted by molar-refractivity contribution is 7.89. The molecule has 19 heavy (non-hydrogen) atoms. The van der Waals surface area contributed by atoms with Crippen LogP contribution in [0.3, 0.4) is 0 Å². The average Bonchev–Trinajstić information content (AvgIpc) is 2.70. The van der Waals surface area contributed by atoms with Crippen molar-refractivity contribution < 1.29 is 13.2 Å². The Morgan fingerprint density at radius 2 is 2.11 bits per heavy atom. The monoisotopic (exact) mass is 306 g/mol. The minimum absolute atomic E-state index is 0.155. The zero-order valence-corrected chi connectivity index (χ0v) is 13.4. The molecule has 0 amide bonds. The number of hydrogen-bond acceptors (Lipinski definition) is 5. The molecule has 1 unspecified atom stereocenters. The average molecular weight is 306 g/mol. The van der Waals surface area contributed by atoms with Crippen molar-refractivity contribution in [3.63, 3.8) is 0 Å². The molecule has 0 aliphatic carbocycles. The van der Waals surface area contributed by atoms with Crippen molar-refractivity contribution in [3.05, 3.63) is 15.8 Å². The second-order valence-corrected chi connectivity index (χ2v) is 7.79. The van der Waals surface area contributed by atoms with Gasteiger partial charge < -0.3 is 10.5 Å². The summed E-state index contributed by atoms with van der Waals surface area (Å²) in [5.74, 6) is 0.155. The largest absolute Gasteiger partial charge is 0.383 e. The number of rotatable bonds is 7. The Labute approximate surface area is 119 Å². The highest BCUT2D eigenvalue weighted by Gasteiger charge is 2.25. The number of nitrogens with one attached hydrogen (secondary N) is 1. The first kappa shape index (κ1) is 16.6. The maximum Gasteiger partial charge on any atom is 0.242 e. The summed E-state index contributed by atoms with van der Waals surface area (Å²) in [6.07, 6.45) is 0. The Bertz CT molecular complexity index is 509. The maximum atomic E-state index is 12.4. The Morgan fingerprint density at radius 1 is 1.47 bits per heavy atom. The molecule has 0 spiro atoms. The van der Waals surface area contributed by atoms with Crippen molar-refractivity contribution in [1.29, 1.82) is 0 Å². The van der Waals surface area contributed by atoms with E-state index in [1.165, 1.54) is 11.3 Å². The van der Waals surface area contributed by atoms with Crippen molar-refractivity contribution in [2.24, 2.45) is 11.7 Å². The predicted molar refractivity (Wildman–Crippen MR) is 77.8 cm³/mol. The molecule has 0 radical (unpaired) electrons. The Morgan fingerprint density at radius 3 is 2.53 bits per heavy atom. The van der Waals surface area contributed by atoms with Gasteiger partial charge in [0.25, 0.3) is 0 Å². The van der Waals surface area contributed by atoms with Crippen LogP contribution >= 0.6 is 11.3 Å². The first-order chi connectivity index (χ1) is 8.81. The van der Waals surface area contributed by atoms with E-state index >= 15 is 0 Å². The van der Waals surface area contributed by atoms with Gasteiger partial charge in [-0.15, -0.1) is 11.3 Å². The topological polar surface area (TPSA) is 81.4 Å². The van der Waals surface area contributed by atoms with E-state index in [9.17, 15) is 8.42 Å². The number of hydrogen-bond donors (Lipinski definition) is 2. The van der Waals surface area contributed by atoms with Gasteiger partial charge in [-0.25, -0.2) is 13.1 Å². The van der Waals surface area contributed by atoms with Gasteiger partial charge in [-0.05, 0) is 18.9 Å². The first-order valence-electron chi connectivity index (χ1n) is 6.12. The molecule has 1 atom stereocenters. The number of methoxy groups -OCH3 is 1. The zero-order valence-electron chi connectivity index (χ0n) is 11.8. The van der Waals surface area contributed by atoms with Gasteiger partial charge in [-0.2, -0.15) is 0 Å². The fourth-order valence-corrected chi connectivity index (χ4v) is 4.58. The molecule has 3 N–H and O–H groups in total. The molecule has 110 valence electrons. The normalized spacial score (nSPS) is 14.0. The lowest BCUT2D eigenvalue weighted by Gasteiger charge is -2.21. The molecule has 0 aliphatic rings. The van der Waals surface area contributed by atoms with E-state index in [0.717, 1.165) is 9.75 Å². The van der Waals surface area contributed by atoms with Crippen molar-refractivity contribution >= 4 is 21.4 Å². The van der Waals surface area contributed by atoms with Crippen LogP contribution in [0.4, 0.5) is 0 Å². The van der Waals surface area contributed by atoms with E-state index in [1.807, 2.05) is 13.8 Å². The number of ether oxygens (including phenoxy) is 1. The summed E-state index contributed by atoms with van der Waals surface area (Å²) in [4.78, 5) is 1.94. The van der Waals surface area contributed by atoms with E-state index in [0.29, 0.717) is 18.0 Å². The van der Waals surface area contributed by atoms with Crippen molar-refractivity contribution in [2.75, 3.05) is 13.7 Å². The van der Waals surface area contributed by atoms with Crippen LogP contribution in [0.25, 0.3) is 0 Å². The highest BCUT2D eigenvalue weighted by atomic mass is 32.2. The van der Waals surface area contributed by atoms with E-state index in [1.54, 1.807) is 20.1 Å². The Kier molecular flexibility index (Phi) is 5.94. The SMILES string of the molecule is COCC(NS(=O)(=O)c1cc(CN)sc1C)C(C)C. The molecule has 0 bridgehead atoms. The molecule has 0 aliphatic heterocycles. The van der Waals surface area contributed by atoms with Gasteiger partial charge in [0.2, 0.25) is 10.0 Å². The minimum atomic E-state index is -3.52. The van der Waals surface area contributed by atoms with E-state index in [2.05, 4.69) is 4.72 Å². The number of nitrogens with two attached hydrogens (primary N) is 1. The quantitative estimate of drug-likeness (QED) is 0.799. The van der Waals surface area contributed by atoms with Gasteiger partial charge in [0.05, 0.1) is 11.5 Å². The Balaban J connectivity index is 2.99. The van der Waals surface area contributed by atoms with Crippen LogP contribution in [0.1, 0.15) is 23.6 Å². The molecular weight excluding hydrogens is 284 g/mol. The van der Waals surface area contributed by atoms with Gasteiger partial charge in [0, 0.05) is 29.5 Å². The second-order valence-electron chi connectivity index (χ2n) is 4.76. The smallest absolute Gasteiger partial charge is 0.242 e. The van der Waals surface area contributed by atoms with Crippen LogP contribution in [0.5, 0.6) is 0 Å². The van der Waals surface area contributed by atoms with Crippen LogP contribution in [0.2, 0.25) is 0 Å². The van der Waals surface area contributed by atoms with Gasteiger partial charge in [-0.1, -0.05) is 13.8 Å². The second kappa shape index (κ2) is 6.81. The number of sulfonamides is 1. The van der Waals surface area contributed by atoms with Gasteiger partial charge >= 0.3 is 0 Å². The summed E-state index contributed by atoms with van der Waals surface area (Å²) in [5.41, 5.74) is 5.55. The summed E-state index contributed by atoms with van der Waals surface area (Å²) < 4.78 is 32.5. The predicted octanol–water partition coefficient (Wildman–Crippen LogP) is 1.46. The zero-order chi connectivity index (χ0) is 14.6. The first-order valence-corrected chi connectivity index (χ1v) is 8.42. The lowest BCUT2D eigenvalue weighted by molar-refractivity contribution is 0.157. The van der Waals surface area contributed by atoms with Crippen LogP contribution in [0.15, 0.2) is 11.0 Å². The lowest BCUT2D eigenvalue weighted by atomic mass is 10.1. The third-order valence-corrected chi connectivity index (χ3v) is 5.69. The highest BCUT2D eigenvalue weighted by Crippen LogP contribution is 2.25. The summed E-state index contributed by atoms with van der Waals surface area (Å²) in [7, 11) is -1.96. The fourth-order valence-electron chi connectivity index (χ4n) is 1.70. The summed E-state index contributed by atoms with van der Waals surface area (Å²) in [5, 5.41) is 0. The number of thiophene rings is 1. The van der Waals surface area contributed by atoms with Crippen molar-refractivity contribution in [1.82, 2.24) is 4.72 Å². The molecule has 0 fully saturated rings. The van der Waals surface area contributed by atoms with Crippen LogP contribution in [0, 0.1) is 12.8 Å². The van der Waals surface area contributed by atoms with Crippen molar-refractivity contribution in [2.45, 2.75) is 38.3 Å². The number of aryl methyl sites for hydroxylation is 1. The van der Waals surface area contributed by atoms with Gasteiger partial charge in [-0.3, -0.25) is 0 Å². The van der Waals surface area contributed by atoms with E-state index < -0.39 is 10.0 Å². The lowest BCUT2D eigenvalue weighted by Crippen LogP contribution is -2.41. The molecule has 0 saturated carbocycles. The van der Waals surface area contributed by atoms with Crippen LogP contribution in [-0.4, -0.2) is 28.2 Å². The molecule has 5 nitrogen and oxygen atoms in total. The summed E-state index contributed by atoms with van der Waals surface area (Å²) in [6, 6.07) is 1.41. The molecular formula is C12H22N2O3S2. The molecule has 1 heterocycles. The molecule has 1 aromatic heterocycles. The molecule has 0 aromatic carbocycles. The third-order valence-electron chi connectivity index (χ3n) is 2.87.